The molecule has 0 spiro atoms. The average Bonchev–Trinajstić information content (AvgIpc) is 3.14. The SMILES string of the molecule is Cc1c(Cl)cccc1NC(=O)CNC(=O)c1cncn1-c1ccc(F)cc1. The van der Waals surface area contributed by atoms with Crippen molar-refractivity contribution < 1.29 is 14.0 Å². The van der Waals surface area contributed by atoms with Crippen LogP contribution in [-0.4, -0.2) is 27.9 Å². The van der Waals surface area contributed by atoms with Crippen LogP contribution < -0.4 is 10.6 Å². The molecule has 8 heteroatoms. The highest BCUT2D eigenvalue weighted by molar-refractivity contribution is 6.31. The number of rotatable bonds is 5. The van der Waals surface area contributed by atoms with Crippen LogP contribution in [0.5, 0.6) is 0 Å². The van der Waals surface area contributed by atoms with Crippen LogP contribution in [-0.2, 0) is 4.79 Å². The predicted octanol–water partition coefficient (Wildman–Crippen LogP) is 3.34. The van der Waals surface area contributed by atoms with Crippen LogP contribution in [0.3, 0.4) is 0 Å². The summed E-state index contributed by atoms with van der Waals surface area (Å²) < 4.78 is 14.6. The molecule has 3 aromatic rings. The summed E-state index contributed by atoms with van der Waals surface area (Å²) in [4.78, 5) is 28.5. The van der Waals surface area contributed by atoms with Gasteiger partial charge in [-0.1, -0.05) is 17.7 Å². The Balaban J connectivity index is 1.65. The number of anilines is 1. The molecule has 27 heavy (non-hydrogen) atoms. The Morgan fingerprint density at radius 1 is 1.19 bits per heavy atom. The molecule has 2 amide bonds. The molecular weight excluding hydrogens is 371 g/mol. The summed E-state index contributed by atoms with van der Waals surface area (Å²) in [5.41, 5.74) is 2.14. The lowest BCUT2D eigenvalue weighted by Crippen LogP contribution is -2.34. The van der Waals surface area contributed by atoms with E-state index in [9.17, 15) is 14.0 Å². The molecule has 3 rings (SSSR count). The number of carbonyl (C=O) groups is 2. The van der Waals surface area contributed by atoms with Crippen LogP contribution >= 0.6 is 11.6 Å². The third kappa shape index (κ3) is 4.32. The van der Waals surface area contributed by atoms with Gasteiger partial charge in [-0.3, -0.25) is 14.2 Å². The lowest BCUT2D eigenvalue weighted by atomic mass is 10.2. The highest BCUT2D eigenvalue weighted by atomic mass is 35.5. The van der Waals surface area contributed by atoms with Crippen LogP contribution in [0, 0.1) is 12.7 Å². The Kier molecular flexibility index (Phi) is 5.52. The highest BCUT2D eigenvalue weighted by Gasteiger charge is 2.15. The molecule has 138 valence electrons. The molecule has 2 aromatic carbocycles. The van der Waals surface area contributed by atoms with Crippen molar-refractivity contribution in [1.82, 2.24) is 14.9 Å². The van der Waals surface area contributed by atoms with Crippen molar-refractivity contribution in [2.75, 3.05) is 11.9 Å². The molecule has 2 N–H and O–H groups in total. The van der Waals surface area contributed by atoms with E-state index in [0.29, 0.717) is 16.4 Å². The molecule has 0 saturated carbocycles. The monoisotopic (exact) mass is 386 g/mol. The number of imidazole rings is 1. The van der Waals surface area contributed by atoms with E-state index in [4.69, 9.17) is 11.6 Å². The molecule has 0 fully saturated rings. The normalized spacial score (nSPS) is 10.5. The Bertz CT molecular complexity index is 986. The van der Waals surface area contributed by atoms with Crippen LogP contribution in [0.2, 0.25) is 5.02 Å². The van der Waals surface area contributed by atoms with Gasteiger partial charge in [-0.15, -0.1) is 0 Å². The van der Waals surface area contributed by atoms with Crippen molar-refractivity contribution in [3.63, 3.8) is 0 Å². The standard InChI is InChI=1S/C19H16ClFN4O2/c1-12-15(20)3-2-4-16(12)24-18(26)10-23-19(27)17-9-22-11-25(17)14-7-5-13(21)6-8-14/h2-9,11H,10H2,1H3,(H,23,27)(H,24,26). The minimum Gasteiger partial charge on any atom is -0.342 e. The highest BCUT2D eigenvalue weighted by Crippen LogP contribution is 2.22. The molecule has 0 aliphatic carbocycles. The number of hydrogen-bond acceptors (Lipinski definition) is 3. The second-order valence-corrected chi connectivity index (χ2v) is 6.18. The van der Waals surface area contributed by atoms with E-state index in [1.165, 1.54) is 41.4 Å². The van der Waals surface area contributed by atoms with Gasteiger partial charge >= 0.3 is 0 Å². The third-order valence-electron chi connectivity index (χ3n) is 3.93. The van der Waals surface area contributed by atoms with Gasteiger partial charge in [0.15, 0.2) is 0 Å². The predicted molar refractivity (Wildman–Crippen MR) is 101 cm³/mol. The van der Waals surface area contributed by atoms with E-state index in [0.717, 1.165) is 5.56 Å². The first-order chi connectivity index (χ1) is 13.0. The number of benzene rings is 2. The molecule has 0 atom stereocenters. The van der Waals surface area contributed by atoms with Gasteiger partial charge in [0.05, 0.1) is 19.1 Å². The topological polar surface area (TPSA) is 76.0 Å². The fourth-order valence-corrected chi connectivity index (χ4v) is 2.63. The van der Waals surface area contributed by atoms with E-state index in [2.05, 4.69) is 15.6 Å². The number of amides is 2. The van der Waals surface area contributed by atoms with Gasteiger partial charge in [0.25, 0.3) is 5.91 Å². The van der Waals surface area contributed by atoms with Crippen molar-refractivity contribution in [2.45, 2.75) is 6.92 Å². The van der Waals surface area contributed by atoms with Crippen molar-refractivity contribution in [2.24, 2.45) is 0 Å². The van der Waals surface area contributed by atoms with Gasteiger partial charge in [-0.25, -0.2) is 9.37 Å². The smallest absolute Gasteiger partial charge is 0.270 e. The fraction of sp³-hybridized carbons (Fsp3) is 0.105. The zero-order valence-electron chi connectivity index (χ0n) is 14.4. The second kappa shape index (κ2) is 8.01. The maximum atomic E-state index is 13.1. The first kappa shape index (κ1) is 18.6. The van der Waals surface area contributed by atoms with E-state index in [1.54, 1.807) is 25.1 Å². The summed E-state index contributed by atoms with van der Waals surface area (Å²) in [6, 6.07) is 10.8. The average molecular weight is 387 g/mol. The Morgan fingerprint density at radius 2 is 1.93 bits per heavy atom. The first-order valence-electron chi connectivity index (χ1n) is 8.07. The van der Waals surface area contributed by atoms with E-state index in [-0.39, 0.29) is 24.0 Å². The Labute approximate surface area is 160 Å². The van der Waals surface area contributed by atoms with Crippen LogP contribution in [0.15, 0.2) is 55.0 Å². The molecule has 0 saturated heterocycles. The summed E-state index contributed by atoms with van der Waals surface area (Å²) >= 11 is 6.02. The van der Waals surface area contributed by atoms with Gasteiger partial charge in [0, 0.05) is 16.4 Å². The second-order valence-electron chi connectivity index (χ2n) is 5.77. The minimum absolute atomic E-state index is 0.223. The lowest BCUT2D eigenvalue weighted by Gasteiger charge is -2.11. The largest absolute Gasteiger partial charge is 0.342 e. The maximum absolute atomic E-state index is 13.1. The van der Waals surface area contributed by atoms with Crippen molar-refractivity contribution in [3.05, 3.63) is 77.1 Å². The summed E-state index contributed by atoms with van der Waals surface area (Å²) in [6.07, 6.45) is 2.81. The van der Waals surface area contributed by atoms with Gasteiger partial charge in [0.2, 0.25) is 5.91 Å². The molecule has 0 unspecified atom stereocenters. The van der Waals surface area contributed by atoms with Crippen LogP contribution in [0.25, 0.3) is 5.69 Å². The Morgan fingerprint density at radius 3 is 2.67 bits per heavy atom. The quantitative estimate of drug-likeness (QED) is 0.706. The molecule has 6 nitrogen and oxygen atoms in total. The van der Waals surface area contributed by atoms with Gasteiger partial charge in [-0.05, 0) is 48.9 Å². The maximum Gasteiger partial charge on any atom is 0.270 e. The number of nitrogens with zero attached hydrogens (tertiary/aromatic N) is 2. The number of nitrogens with one attached hydrogen (secondary N) is 2. The molecule has 0 bridgehead atoms. The zero-order valence-corrected chi connectivity index (χ0v) is 15.1. The summed E-state index contributed by atoms with van der Waals surface area (Å²) in [5.74, 6) is -1.24. The third-order valence-corrected chi connectivity index (χ3v) is 4.34. The molecule has 0 aliphatic rings. The van der Waals surface area contributed by atoms with E-state index < -0.39 is 5.91 Å². The molecule has 1 heterocycles. The number of hydrogen-bond donors (Lipinski definition) is 2. The zero-order chi connectivity index (χ0) is 19.4. The van der Waals surface area contributed by atoms with Crippen molar-refractivity contribution in [1.29, 1.82) is 0 Å². The Hall–Kier alpha value is -3.19. The van der Waals surface area contributed by atoms with Crippen molar-refractivity contribution >= 4 is 29.1 Å². The summed E-state index contributed by atoms with van der Waals surface area (Å²) in [5, 5.41) is 5.79. The molecular formula is C19H16ClFN4O2. The molecule has 1 aromatic heterocycles. The van der Waals surface area contributed by atoms with Crippen LogP contribution in [0.4, 0.5) is 10.1 Å². The van der Waals surface area contributed by atoms with Crippen molar-refractivity contribution in [3.8, 4) is 5.69 Å². The van der Waals surface area contributed by atoms with Gasteiger partial charge in [0.1, 0.15) is 11.5 Å². The first-order valence-corrected chi connectivity index (χ1v) is 8.45. The molecule has 0 aliphatic heterocycles. The summed E-state index contributed by atoms with van der Waals surface area (Å²) in [6.45, 7) is 1.57. The fourth-order valence-electron chi connectivity index (χ4n) is 2.46. The van der Waals surface area contributed by atoms with Gasteiger partial charge < -0.3 is 10.6 Å². The van der Waals surface area contributed by atoms with E-state index >= 15 is 0 Å². The summed E-state index contributed by atoms with van der Waals surface area (Å²) in [7, 11) is 0. The number of aromatic nitrogens is 2. The molecule has 0 radical (unpaired) electrons. The van der Waals surface area contributed by atoms with Crippen LogP contribution in [0.1, 0.15) is 16.1 Å². The van der Waals surface area contributed by atoms with Gasteiger partial charge in [-0.2, -0.15) is 0 Å². The minimum atomic E-state index is -0.477. The van der Waals surface area contributed by atoms with E-state index in [1.807, 2.05) is 0 Å². The number of carbonyl (C=O) groups excluding carboxylic acids is 2. The number of halogens is 2. The lowest BCUT2D eigenvalue weighted by molar-refractivity contribution is -0.115.